The molecule has 0 bridgehead atoms. The van der Waals surface area contributed by atoms with Crippen molar-refractivity contribution in [1.29, 1.82) is 0 Å². The molecule has 102 valence electrons. The quantitative estimate of drug-likeness (QED) is 0.793. The van der Waals surface area contributed by atoms with E-state index in [1.165, 1.54) is 30.0 Å². The number of benzene rings is 1. The molecule has 0 aliphatic carbocycles. The van der Waals surface area contributed by atoms with Gasteiger partial charge in [-0.2, -0.15) is 0 Å². The molecule has 0 fully saturated rings. The lowest BCUT2D eigenvalue weighted by Crippen LogP contribution is -2.37. The predicted octanol–water partition coefficient (Wildman–Crippen LogP) is 1.59. The average molecular weight is 264 g/mol. The highest BCUT2D eigenvalue weighted by atomic mass is 19.1. The van der Waals surface area contributed by atoms with Crippen molar-refractivity contribution in [3.8, 4) is 0 Å². The zero-order valence-electron chi connectivity index (χ0n) is 10.9. The second-order valence-corrected chi connectivity index (χ2v) is 3.99. The lowest BCUT2D eigenvalue weighted by atomic mass is 10.2. The minimum absolute atomic E-state index is 0.000552. The molecule has 5 heteroatoms. The van der Waals surface area contributed by atoms with Gasteiger partial charge in [-0.3, -0.25) is 9.59 Å². The Morgan fingerprint density at radius 3 is 2.68 bits per heavy atom. The molecule has 0 atom stereocenters. The van der Waals surface area contributed by atoms with Crippen molar-refractivity contribution < 1.29 is 14.0 Å². The third-order valence-corrected chi connectivity index (χ3v) is 2.58. The standard InChI is InChI=1S/C14H17FN2O2/c1-3-9-17(11(2)18)10-8-16-14(19)12-6-4-5-7-13(12)15/h3-7H,1,8-10H2,2H3,(H,16,19). The summed E-state index contributed by atoms with van der Waals surface area (Å²) in [6.45, 7) is 6.05. The number of nitrogens with one attached hydrogen (secondary N) is 1. The second-order valence-electron chi connectivity index (χ2n) is 3.99. The van der Waals surface area contributed by atoms with E-state index in [-0.39, 0.29) is 18.0 Å². The molecule has 0 unspecified atom stereocenters. The molecule has 0 saturated carbocycles. The highest BCUT2D eigenvalue weighted by Gasteiger charge is 2.11. The maximum atomic E-state index is 13.3. The Bertz CT molecular complexity index is 474. The number of amides is 2. The first-order valence-electron chi connectivity index (χ1n) is 5.95. The van der Waals surface area contributed by atoms with Crippen LogP contribution in [0.5, 0.6) is 0 Å². The molecule has 1 N–H and O–H groups in total. The van der Waals surface area contributed by atoms with E-state index in [0.29, 0.717) is 13.1 Å². The molecule has 1 aromatic rings. The molecule has 0 aliphatic heterocycles. The van der Waals surface area contributed by atoms with Gasteiger partial charge in [-0.15, -0.1) is 6.58 Å². The summed E-state index contributed by atoms with van der Waals surface area (Å²) in [6.07, 6.45) is 1.61. The highest BCUT2D eigenvalue weighted by molar-refractivity contribution is 5.94. The predicted molar refractivity (Wildman–Crippen MR) is 71.2 cm³/mol. The fourth-order valence-electron chi connectivity index (χ4n) is 1.58. The van der Waals surface area contributed by atoms with E-state index in [1.807, 2.05) is 0 Å². The van der Waals surface area contributed by atoms with Gasteiger partial charge in [0.15, 0.2) is 0 Å². The van der Waals surface area contributed by atoms with Crippen LogP contribution in [0.25, 0.3) is 0 Å². The maximum Gasteiger partial charge on any atom is 0.254 e. The lowest BCUT2D eigenvalue weighted by molar-refractivity contribution is -0.128. The van der Waals surface area contributed by atoms with Crippen LogP contribution < -0.4 is 5.32 Å². The van der Waals surface area contributed by atoms with Crippen LogP contribution in [0.4, 0.5) is 4.39 Å². The molecule has 0 saturated heterocycles. The van der Waals surface area contributed by atoms with Gasteiger partial charge in [-0.05, 0) is 12.1 Å². The molecule has 2 amide bonds. The van der Waals surface area contributed by atoms with Gasteiger partial charge < -0.3 is 10.2 Å². The number of halogens is 1. The normalized spacial score (nSPS) is 9.79. The Hall–Kier alpha value is -2.17. The van der Waals surface area contributed by atoms with E-state index in [1.54, 1.807) is 12.1 Å². The number of carbonyl (C=O) groups is 2. The van der Waals surface area contributed by atoms with Gasteiger partial charge in [-0.1, -0.05) is 18.2 Å². The molecule has 0 spiro atoms. The third kappa shape index (κ3) is 4.54. The smallest absolute Gasteiger partial charge is 0.254 e. The van der Waals surface area contributed by atoms with Crippen LogP contribution in [-0.2, 0) is 4.79 Å². The van der Waals surface area contributed by atoms with Gasteiger partial charge in [0, 0.05) is 26.6 Å². The lowest BCUT2D eigenvalue weighted by Gasteiger charge is -2.19. The second kappa shape index (κ2) is 7.31. The highest BCUT2D eigenvalue weighted by Crippen LogP contribution is 2.05. The minimum atomic E-state index is -0.561. The van der Waals surface area contributed by atoms with Crippen LogP contribution in [0.15, 0.2) is 36.9 Å². The van der Waals surface area contributed by atoms with Crippen LogP contribution >= 0.6 is 0 Å². The molecular formula is C14H17FN2O2. The Kier molecular flexibility index (Phi) is 5.73. The molecule has 1 aromatic carbocycles. The van der Waals surface area contributed by atoms with E-state index < -0.39 is 11.7 Å². The van der Waals surface area contributed by atoms with Crippen molar-refractivity contribution in [2.45, 2.75) is 6.92 Å². The summed E-state index contributed by atoms with van der Waals surface area (Å²) in [6, 6.07) is 5.76. The van der Waals surface area contributed by atoms with E-state index >= 15 is 0 Å². The van der Waals surface area contributed by atoms with Crippen LogP contribution in [0.1, 0.15) is 17.3 Å². The molecule has 19 heavy (non-hydrogen) atoms. The Balaban J connectivity index is 2.49. The van der Waals surface area contributed by atoms with Gasteiger partial charge in [0.25, 0.3) is 5.91 Å². The van der Waals surface area contributed by atoms with Crippen molar-refractivity contribution >= 4 is 11.8 Å². The summed E-state index contributed by atoms with van der Waals surface area (Å²) in [5.74, 6) is -1.14. The van der Waals surface area contributed by atoms with Gasteiger partial charge in [-0.25, -0.2) is 4.39 Å². The zero-order chi connectivity index (χ0) is 14.3. The van der Waals surface area contributed by atoms with E-state index in [2.05, 4.69) is 11.9 Å². The third-order valence-electron chi connectivity index (χ3n) is 2.58. The average Bonchev–Trinajstić information content (AvgIpc) is 2.37. The van der Waals surface area contributed by atoms with Crippen LogP contribution in [0, 0.1) is 5.82 Å². The van der Waals surface area contributed by atoms with Crippen molar-refractivity contribution in [3.05, 3.63) is 48.3 Å². The number of hydrogen-bond acceptors (Lipinski definition) is 2. The summed E-state index contributed by atoms with van der Waals surface area (Å²) in [5, 5.41) is 2.58. The first-order chi connectivity index (χ1) is 9.06. The summed E-state index contributed by atoms with van der Waals surface area (Å²) in [5.41, 5.74) is 0.000552. The van der Waals surface area contributed by atoms with Crippen LogP contribution in [0.2, 0.25) is 0 Å². The van der Waals surface area contributed by atoms with Gasteiger partial charge in [0.2, 0.25) is 5.91 Å². The summed E-state index contributed by atoms with van der Waals surface area (Å²) in [4.78, 5) is 24.5. The van der Waals surface area contributed by atoms with Gasteiger partial charge >= 0.3 is 0 Å². The molecule has 0 aliphatic rings. The van der Waals surface area contributed by atoms with Crippen LogP contribution in [0.3, 0.4) is 0 Å². The zero-order valence-corrected chi connectivity index (χ0v) is 10.9. The van der Waals surface area contributed by atoms with Crippen molar-refractivity contribution in [2.75, 3.05) is 19.6 Å². The Morgan fingerprint density at radius 1 is 1.42 bits per heavy atom. The number of hydrogen-bond donors (Lipinski definition) is 1. The van der Waals surface area contributed by atoms with E-state index in [0.717, 1.165) is 0 Å². The maximum absolute atomic E-state index is 13.3. The van der Waals surface area contributed by atoms with Crippen molar-refractivity contribution in [1.82, 2.24) is 10.2 Å². The molecular weight excluding hydrogens is 247 g/mol. The minimum Gasteiger partial charge on any atom is -0.350 e. The first-order valence-corrected chi connectivity index (χ1v) is 5.95. The van der Waals surface area contributed by atoms with Gasteiger partial charge in [0.05, 0.1) is 5.56 Å². The number of rotatable bonds is 6. The fourth-order valence-corrected chi connectivity index (χ4v) is 1.58. The molecule has 0 radical (unpaired) electrons. The molecule has 0 aromatic heterocycles. The van der Waals surface area contributed by atoms with E-state index in [9.17, 15) is 14.0 Å². The number of nitrogens with zero attached hydrogens (tertiary/aromatic N) is 1. The largest absolute Gasteiger partial charge is 0.350 e. The topological polar surface area (TPSA) is 49.4 Å². The van der Waals surface area contributed by atoms with Crippen molar-refractivity contribution in [2.24, 2.45) is 0 Å². The molecule has 0 heterocycles. The summed E-state index contributed by atoms with van der Waals surface area (Å²) in [7, 11) is 0. The summed E-state index contributed by atoms with van der Waals surface area (Å²) < 4.78 is 13.3. The molecule has 4 nitrogen and oxygen atoms in total. The van der Waals surface area contributed by atoms with Crippen LogP contribution in [-0.4, -0.2) is 36.3 Å². The Labute approximate surface area is 111 Å². The first kappa shape index (κ1) is 14.9. The monoisotopic (exact) mass is 264 g/mol. The van der Waals surface area contributed by atoms with E-state index in [4.69, 9.17) is 0 Å². The number of carbonyl (C=O) groups excluding carboxylic acids is 2. The Morgan fingerprint density at radius 2 is 2.11 bits per heavy atom. The van der Waals surface area contributed by atoms with Gasteiger partial charge in [0.1, 0.15) is 5.82 Å². The SMILES string of the molecule is C=CCN(CCNC(=O)c1ccccc1F)C(C)=O. The van der Waals surface area contributed by atoms with Crippen molar-refractivity contribution in [3.63, 3.8) is 0 Å². The fraction of sp³-hybridized carbons (Fsp3) is 0.286. The molecule has 1 rings (SSSR count). The summed E-state index contributed by atoms with van der Waals surface area (Å²) >= 11 is 0.